The minimum Gasteiger partial charge on any atom is -0.511 e. The first-order chi connectivity index (χ1) is 28.1. The summed E-state index contributed by atoms with van der Waals surface area (Å²) in [5, 5.41) is 0. The molecule has 2 heterocycles. The van der Waals surface area contributed by atoms with Crippen LogP contribution in [0.15, 0.2) is 121 Å². The molecule has 6 aromatic rings. The number of nitrogens with zero attached hydrogens (tertiary/aromatic N) is 4. The van der Waals surface area contributed by atoms with Crippen LogP contribution in [0.5, 0.6) is 23.5 Å². The standard InChI is InChI=1S/2C20H27N2O2.2C5H5.Ti/c2*1-15(2)10-12-23-18-14-19(24-13-11-16(3)4)22-20(21-18)17-8-6-5-7-9-17;2*1-2-4-5-3-1;/h2*5-9,15-16H,10-13H2,1-4H3;2*1-5H;/q4*-1;+4. The van der Waals surface area contributed by atoms with E-state index >= 15 is 0 Å². The molecule has 0 N–H and O–H groups in total. The number of ether oxygens (including phenoxy) is 4. The van der Waals surface area contributed by atoms with Crippen molar-refractivity contribution in [1.29, 1.82) is 0 Å². The van der Waals surface area contributed by atoms with Gasteiger partial charge in [0.05, 0.1) is 26.4 Å². The van der Waals surface area contributed by atoms with Crippen LogP contribution in [0.3, 0.4) is 0 Å². The summed E-state index contributed by atoms with van der Waals surface area (Å²) in [7, 11) is 0. The summed E-state index contributed by atoms with van der Waals surface area (Å²) < 4.78 is 23.0. The fraction of sp³-hybridized carbons (Fsp3) is 0.400. The van der Waals surface area contributed by atoms with E-state index in [1.54, 1.807) is 0 Å². The Morgan fingerprint density at radius 1 is 0.407 bits per heavy atom. The molecule has 0 atom stereocenters. The Hall–Kier alpha value is -4.79. The van der Waals surface area contributed by atoms with Gasteiger partial charge in [-0.25, -0.2) is 44.2 Å². The van der Waals surface area contributed by atoms with E-state index in [1.807, 2.05) is 121 Å². The molecular weight excluding hydrogens is 768 g/mol. The van der Waals surface area contributed by atoms with Crippen molar-refractivity contribution in [3.8, 4) is 46.3 Å². The fourth-order valence-corrected chi connectivity index (χ4v) is 4.64. The molecule has 312 valence electrons. The maximum absolute atomic E-state index is 5.76. The second kappa shape index (κ2) is 30.3. The van der Waals surface area contributed by atoms with Crippen molar-refractivity contribution < 1.29 is 40.7 Å². The van der Waals surface area contributed by atoms with Crippen molar-refractivity contribution >= 4 is 0 Å². The Morgan fingerprint density at radius 3 is 0.864 bits per heavy atom. The van der Waals surface area contributed by atoms with E-state index in [1.165, 1.54) is 0 Å². The zero-order chi connectivity index (χ0) is 41.8. The number of aromatic nitrogens is 4. The molecular formula is C50H64N4O4Ti. The van der Waals surface area contributed by atoms with Crippen LogP contribution in [0.4, 0.5) is 0 Å². The first-order valence-corrected chi connectivity index (χ1v) is 20.7. The quantitative estimate of drug-likeness (QED) is 0.0625. The molecule has 9 heteroatoms. The third kappa shape index (κ3) is 23.4. The number of hydrogen-bond acceptors (Lipinski definition) is 8. The topological polar surface area (TPSA) is 88.5 Å². The van der Waals surface area contributed by atoms with Crippen LogP contribution in [0.1, 0.15) is 81.1 Å². The minimum absolute atomic E-state index is 0. The van der Waals surface area contributed by atoms with Gasteiger partial charge in [0.25, 0.3) is 0 Å². The molecule has 8 nitrogen and oxygen atoms in total. The summed E-state index contributed by atoms with van der Waals surface area (Å²) in [6, 6.07) is 45.8. The Balaban J connectivity index is 0.000000323. The second-order valence-electron chi connectivity index (χ2n) is 15.3. The summed E-state index contributed by atoms with van der Waals surface area (Å²) in [6.07, 6.45) is 3.90. The van der Waals surface area contributed by atoms with Crippen LogP contribution in [-0.2, 0) is 21.7 Å². The van der Waals surface area contributed by atoms with Gasteiger partial charge in [-0.15, -0.1) is 0 Å². The summed E-state index contributed by atoms with van der Waals surface area (Å²) in [4.78, 5) is 17.9. The number of hydrogen-bond donors (Lipinski definition) is 0. The van der Waals surface area contributed by atoms with Gasteiger partial charge in [-0.1, -0.05) is 116 Å². The Morgan fingerprint density at radius 2 is 0.661 bits per heavy atom. The minimum atomic E-state index is 0. The largest absolute Gasteiger partial charge is 4.00 e. The summed E-state index contributed by atoms with van der Waals surface area (Å²) in [5.41, 5.74) is 1.88. The van der Waals surface area contributed by atoms with Gasteiger partial charge >= 0.3 is 21.7 Å². The molecule has 0 aliphatic heterocycles. The smallest absolute Gasteiger partial charge is 0.511 e. The van der Waals surface area contributed by atoms with E-state index in [2.05, 4.69) is 87.5 Å². The average molecular weight is 833 g/mol. The van der Waals surface area contributed by atoms with Crippen molar-refractivity contribution in [2.24, 2.45) is 23.7 Å². The normalized spacial score (nSPS) is 10.4. The SMILES string of the molecule is CC(C)CCOc1[c-]c(OCCC(C)C)nc(-c2ccccc2)n1.CC(C)CCOc1[c-]c(OCCC(C)C)nc(-c2ccccc2)n1.[Ti+4].c1cc[cH-]c1.c1cc[cH-]c1. The van der Waals surface area contributed by atoms with Crippen LogP contribution < -0.4 is 18.9 Å². The van der Waals surface area contributed by atoms with Crippen LogP contribution in [0, 0.1) is 35.8 Å². The van der Waals surface area contributed by atoms with Gasteiger partial charge in [0, 0.05) is 34.6 Å². The van der Waals surface area contributed by atoms with Gasteiger partial charge in [-0.3, -0.25) is 0 Å². The van der Waals surface area contributed by atoms with E-state index in [-0.39, 0.29) is 21.7 Å². The van der Waals surface area contributed by atoms with Gasteiger partial charge in [-0.2, -0.15) is 36.4 Å². The van der Waals surface area contributed by atoms with E-state index < -0.39 is 0 Å². The van der Waals surface area contributed by atoms with Gasteiger partial charge in [0.2, 0.25) is 0 Å². The fourth-order valence-electron chi connectivity index (χ4n) is 4.64. The zero-order valence-corrected chi connectivity index (χ0v) is 38.0. The summed E-state index contributed by atoms with van der Waals surface area (Å²) in [5.74, 6) is 5.34. The van der Waals surface area contributed by atoms with Gasteiger partial charge in [0.1, 0.15) is 0 Å². The van der Waals surface area contributed by atoms with Gasteiger partial charge in [-0.05, 0) is 49.4 Å². The molecule has 0 aliphatic rings. The molecule has 0 fully saturated rings. The number of rotatable bonds is 18. The average Bonchev–Trinajstić information content (AvgIpc) is 4.00. The maximum Gasteiger partial charge on any atom is 4.00 e. The molecule has 0 saturated heterocycles. The predicted octanol–water partition coefficient (Wildman–Crippen LogP) is 12.4. The van der Waals surface area contributed by atoms with Crippen LogP contribution >= 0.6 is 0 Å². The molecule has 0 unspecified atom stereocenters. The summed E-state index contributed by atoms with van der Waals surface area (Å²) in [6.45, 7) is 19.8. The molecule has 0 bridgehead atoms. The molecule has 4 aromatic carbocycles. The molecule has 0 amide bonds. The number of benzene rings is 2. The second-order valence-corrected chi connectivity index (χ2v) is 15.3. The van der Waals surface area contributed by atoms with Crippen LogP contribution in [0.2, 0.25) is 0 Å². The first kappa shape index (κ1) is 50.4. The molecule has 2 aromatic heterocycles. The Labute approximate surface area is 369 Å². The maximum atomic E-state index is 5.76. The van der Waals surface area contributed by atoms with E-state index in [9.17, 15) is 0 Å². The van der Waals surface area contributed by atoms with E-state index in [0.717, 1.165) is 36.8 Å². The molecule has 0 spiro atoms. The van der Waals surface area contributed by atoms with Crippen LogP contribution in [0.25, 0.3) is 22.8 Å². The molecule has 6 rings (SSSR count). The molecule has 0 saturated carbocycles. The van der Waals surface area contributed by atoms with Crippen molar-refractivity contribution in [1.82, 2.24) is 19.9 Å². The van der Waals surface area contributed by atoms with Gasteiger partial charge < -0.3 is 31.1 Å². The predicted molar refractivity (Wildman–Crippen MR) is 236 cm³/mol. The van der Waals surface area contributed by atoms with E-state index in [4.69, 9.17) is 18.9 Å². The molecule has 59 heavy (non-hydrogen) atoms. The first-order valence-electron chi connectivity index (χ1n) is 20.7. The van der Waals surface area contributed by atoms with Crippen molar-refractivity contribution in [3.05, 3.63) is 133 Å². The van der Waals surface area contributed by atoms with Crippen molar-refractivity contribution in [3.63, 3.8) is 0 Å². The summed E-state index contributed by atoms with van der Waals surface area (Å²) >= 11 is 0. The monoisotopic (exact) mass is 832 g/mol. The zero-order valence-electron chi connectivity index (χ0n) is 36.4. The van der Waals surface area contributed by atoms with Gasteiger partial charge in [0.15, 0.2) is 11.6 Å². The Bertz CT molecular complexity index is 1610. The van der Waals surface area contributed by atoms with E-state index in [0.29, 0.717) is 85.3 Å². The van der Waals surface area contributed by atoms with Crippen LogP contribution in [-0.4, -0.2) is 46.4 Å². The molecule has 0 aliphatic carbocycles. The Kier molecular flexibility index (Phi) is 25.8. The van der Waals surface area contributed by atoms with Crippen molar-refractivity contribution in [2.75, 3.05) is 26.4 Å². The van der Waals surface area contributed by atoms with Crippen molar-refractivity contribution in [2.45, 2.75) is 81.1 Å². The third-order valence-corrected chi connectivity index (χ3v) is 8.17. The molecule has 0 radical (unpaired) electrons. The third-order valence-electron chi connectivity index (χ3n) is 8.17.